The first kappa shape index (κ1) is 18.6. The van der Waals surface area contributed by atoms with Crippen molar-refractivity contribution in [3.63, 3.8) is 0 Å². The van der Waals surface area contributed by atoms with Gasteiger partial charge in [0.05, 0.1) is 0 Å². The zero-order chi connectivity index (χ0) is 18.7. The molecule has 1 unspecified atom stereocenters. The number of benzene rings is 2. The van der Waals surface area contributed by atoms with Crippen LogP contribution in [0, 0.1) is 20.8 Å². The van der Waals surface area contributed by atoms with Crippen molar-refractivity contribution in [3.05, 3.63) is 70.5 Å². The average Bonchev–Trinajstić information content (AvgIpc) is 2.57. The number of aryl methyl sites for hydroxylation is 3. The van der Waals surface area contributed by atoms with Gasteiger partial charge in [0.15, 0.2) is 0 Å². The van der Waals surface area contributed by atoms with E-state index in [-0.39, 0.29) is 11.9 Å². The molecule has 0 radical (unpaired) electrons. The Morgan fingerprint density at radius 3 is 2.38 bits per heavy atom. The van der Waals surface area contributed by atoms with E-state index in [1.54, 1.807) is 11.8 Å². The van der Waals surface area contributed by atoms with Crippen LogP contribution in [-0.2, 0) is 9.53 Å². The summed E-state index contributed by atoms with van der Waals surface area (Å²) in [5.41, 5.74) is 4.24. The number of thioether (sulfide) groups is 1. The summed E-state index contributed by atoms with van der Waals surface area (Å²) in [4.78, 5) is 13.8. The SMILES string of the molecule is Cc1cc(C)c(C2=C(O)CC(CCSc3ccccc3)OC2=O)c(C)c1. The molecule has 0 saturated carbocycles. The Morgan fingerprint density at radius 2 is 1.77 bits per heavy atom. The molecule has 26 heavy (non-hydrogen) atoms. The largest absolute Gasteiger partial charge is 0.511 e. The molecular formula is C22H24O3S. The van der Waals surface area contributed by atoms with Gasteiger partial charge in [-0.15, -0.1) is 11.8 Å². The Bertz CT molecular complexity index is 817. The average molecular weight is 368 g/mol. The molecule has 0 saturated heterocycles. The van der Waals surface area contributed by atoms with E-state index in [9.17, 15) is 9.90 Å². The van der Waals surface area contributed by atoms with Gasteiger partial charge in [0.25, 0.3) is 0 Å². The highest BCUT2D eigenvalue weighted by Crippen LogP contribution is 2.34. The molecule has 136 valence electrons. The molecule has 0 bridgehead atoms. The van der Waals surface area contributed by atoms with E-state index >= 15 is 0 Å². The van der Waals surface area contributed by atoms with E-state index in [1.165, 1.54) is 4.90 Å². The Morgan fingerprint density at radius 1 is 1.12 bits per heavy atom. The van der Waals surface area contributed by atoms with Crippen molar-refractivity contribution in [1.29, 1.82) is 0 Å². The summed E-state index contributed by atoms with van der Waals surface area (Å²) in [5, 5.41) is 10.6. The van der Waals surface area contributed by atoms with Gasteiger partial charge in [-0.05, 0) is 56.0 Å². The van der Waals surface area contributed by atoms with E-state index in [1.807, 2.05) is 51.1 Å². The summed E-state index contributed by atoms with van der Waals surface area (Å²) >= 11 is 1.73. The van der Waals surface area contributed by atoms with Gasteiger partial charge in [-0.2, -0.15) is 0 Å². The minimum atomic E-state index is -0.418. The molecule has 2 aromatic rings. The van der Waals surface area contributed by atoms with Crippen molar-refractivity contribution in [3.8, 4) is 0 Å². The van der Waals surface area contributed by atoms with E-state index in [0.29, 0.717) is 18.4 Å². The van der Waals surface area contributed by atoms with Gasteiger partial charge in [-0.1, -0.05) is 35.9 Å². The first-order valence-electron chi connectivity index (χ1n) is 8.85. The number of hydrogen-bond donors (Lipinski definition) is 1. The minimum absolute atomic E-state index is 0.144. The zero-order valence-electron chi connectivity index (χ0n) is 15.4. The highest BCUT2D eigenvalue weighted by molar-refractivity contribution is 7.99. The van der Waals surface area contributed by atoms with Crippen LogP contribution in [0.4, 0.5) is 0 Å². The number of ether oxygens (including phenoxy) is 1. The fraction of sp³-hybridized carbons (Fsp3) is 0.318. The second-order valence-corrected chi connectivity index (χ2v) is 7.95. The molecule has 1 aliphatic rings. The van der Waals surface area contributed by atoms with Gasteiger partial charge in [0.1, 0.15) is 17.4 Å². The monoisotopic (exact) mass is 368 g/mol. The number of aliphatic hydroxyl groups excluding tert-OH is 1. The molecule has 1 atom stereocenters. The maximum atomic E-state index is 12.6. The van der Waals surface area contributed by atoms with E-state index in [4.69, 9.17) is 4.74 Å². The smallest absolute Gasteiger partial charge is 0.342 e. The lowest BCUT2D eigenvalue weighted by Gasteiger charge is -2.26. The van der Waals surface area contributed by atoms with Gasteiger partial charge < -0.3 is 9.84 Å². The Balaban J connectivity index is 1.71. The van der Waals surface area contributed by atoms with Crippen LogP contribution in [0.15, 0.2) is 53.1 Å². The lowest BCUT2D eigenvalue weighted by molar-refractivity contribution is -0.143. The van der Waals surface area contributed by atoms with Crippen LogP contribution in [-0.4, -0.2) is 22.9 Å². The molecule has 0 aliphatic carbocycles. The van der Waals surface area contributed by atoms with E-state index in [0.717, 1.165) is 28.0 Å². The fourth-order valence-electron chi connectivity index (χ4n) is 3.49. The Hall–Kier alpha value is -2.20. The number of cyclic esters (lactones) is 1. The summed E-state index contributed by atoms with van der Waals surface area (Å²) in [6, 6.07) is 14.2. The summed E-state index contributed by atoms with van der Waals surface area (Å²) in [6.07, 6.45) is 0.825. The molecule has 1 aliphatic heterocycles. The molecule has 0 amide bonds. The quantitative estimate of drug-likeness (QED) is 0.569. The topological polar surface area (TPSA) is 46.5 Å². The summed E-state index contributed by atoms with van der Waals surface area (Å²) in [6.45, 7) is 5.95. The third-order valence-corrected chi connectivity index (χ3v) is 5.61. The number of rotatable bonds is 5. The number of hydrogen-bond acceptors (Lipinski definition) is 4. The molecule has 2 aromatic carbocycles. The maximum Gasteiger partial charge on any atom is 0.342 e. The molecule has 3 rings (SSSR count). The Labute approximate surface area is 159 Å². The van der Waals surface area contributed by atoms with Gasteiger partial charge in [0.2, 0.25) is 0 Å². The lowest BCUT2D eigenvalue weighted by Crippen LogP contribution is -2.27. The van der Waals surface area contributed by atoms with Gasteiger partial charge in [0, 0.05) is 17.1 Å². The van der Waals surface area contributed by atoms with Crippen LogP contribution in [0.3, 0.4) is 0 Å². The van der Waals surface area contributed by atoms with Crippen LogP contribution in [0.1, 0.15) is 35.1 Å². The zero-order valence-corrected chi connectivity index (χ0v) is 16.2. The predicted octanol–water partition coefficient (Wildman–Crippen LogP) is 5.38. The van der Waals surface area contributed by atoms with Crippen molar-refractivity contribution < 1.29 is 14.6 Å². The normalized spacial score (nSPS) is 17.3. The molecule has 0 aromatic heterocycles. The molecule has 1 heterocycles. The highest BCUT2D eigenvalue weighted by atomic mass is 32.2. The van der Waals surface area contributed by atoms with Crippen LogP contribution in [0.5, 0.6) is 0 Å². The van der Waals surface area contributed by atoms with Crippen molar-refractivity contribution in [1.82, 2.24) is 0 Å². The first-order valence-corrected chi connectivity index (χ1v) is 9.83. The van der Waals surface area contributed by atoms with Crippen LogP contribution in [0.25, 0.3) is 5.57 Å². The predicted molar refractivity (Wildman–Crippen MR) is 106 cm³/mol. The van der Waals surface area contributed by atoms with Crippen molar-refractivity contribution in [2.75, 3.05) is 5.75 Å². The van der Waals surface area contributed by atoms with Crippen LogP contribution < -0.4 is 0 Å². The molecule has 0 spiro atoms. The highest BCUT2D eigenvalue weighted by Gasteiger charge is 2.31. The van der Waals surface area contributed by atoms with Crippen molar-refractivity contribution in [2.24, 2.45) is 0 Å². The Kier molecular flexibility index (Phi) is 5.72. The first-order chi connectivity index (χ1) is 12.5. The second-order valence-electron chi connectivity index (χ2n) is 6.78. The molecular weight excluding hydrogens is 344 g/mol. The standard InChI is InChI=1S/C22H24O3S/c1-14-11-15(2)20(16(3)12-14)21-19(23)13-17(25-22(21)24)9-10-26-18-7-5-4-6-8-18/h4-8,11-12,17,23H,9-10,13H2,1-3H3. The minimum Gasteiger partial charge on any atom is -0.511 e. The van der Waals surface area contributed by atoms with E-state index < -0.39 is 5.97 Å². The molecule has 0 fully saturated rings. The lowest BCUT2D eigenvalue weighted by atomic mass is 9.90. The van der Waals surface area contributed by atoms with Gasteiger partial charge in [-0.3, -0.25) is 0 Å². The van der Waals surface area contributed by atoms with Crippen molar-refractivity contribution in [2.45, 2.75) is 44.6 Å². The summed E-state index contributed by atoms with van der Waals surface area (Å²) in [7, 11) is 0. The van der Waals surface area contributed by atoms with E-state index in [2.05, 4.69) is 12.1 Å². The molecule has 3 nitrogen and oxygen atoms in total. The third-order valence-electron chi connectivity index (χ3n) is 4.57. The second kappa shape index (κ2) is 8.00. The number of esters is 1. The summed E-state index contributed by atoms with van der Waals surface area (Å²) in [5.74, 6) is 0.567. The maximum absolute atomic E-state index is 12.6. The van der Waals surface area contributed by atoms with Crippen LogP contribution in [0.2, 0.25) is 0 Å². The van der Waals surface area contributed by atoms with Gasteiger partial charge in [-0.25, -0.2) is 4.79 Å². The number of carbonyl (C=O) groups is 1. The number of carbonyl (C=O) groups excluding carboxylic acids is 1. The fourth-order valence-corrected chi connectivity index (χ4v) is 4.46. The summed E-state index contributed by atoms with van der Waals surface area (Å²) < 4.78 is 5.63. The number of aliphatic hydroxyl groups is 1. The van der Waals surface area contributed by atoms with Crippen LogP contribution >= 0.6 is 11.8 Å². The molecule has 4 heteroatoms. The molecule has 1 N–H and O–H groups in total. The van der Waals surface area contributed by atoms with Gasteiger partial charge >= 0.3 is 5.97 Å². The van der Waals surface area contributed by atoms with Crippen molar-refractivity contribution >= 4 is 23.3 Å². The third kappa shape index (κ3) is 4.13.